The molecule has 1 heterocycles. The lowest BCUT2D eigenvalue weighted by atomic mass is 10.2. The van der Waals surface area contributed by atoms with Gasteiger partial charge in [0.05, 0.1) is 6.54 Å². The van der Waals surface area contributed by atoms with Gasteiger partial charge in [0, 0.05) is 42.4 Å². The Morgan fingerprint density at radius 3 is 2.68 bits per heavy atom. The third-order valence-electron chi connectivity index (χ3n) is 4.33. The molecule has 0 amide bonds. The zero-order valence-corrected chi connectivity index (χ0v) is 14.7. The van der Waals surface area contributed by atoms with E-state index in [2.05, 4.69) is 28.2 Å². The Morgan fingerprint density at radius 2 is 1.84 bits per heavy atom. The second-order valence-electron chi connectivity index (χ2n) is 6.12. The summed E-state index contributed by atoms with van der Waals surface area (Å²) in [6, 6.07) is 15.3. The lowest BCUT2D eigenvalue weighted by molar-refractivity contribution is 0.144. The van der Waals surface area contributed by atoms with Crippen LogP contribution in [-0.2, 0) is 17.8 Å². The molecule has 0 saturated heterocycles. The Morgan fingerprint density at radius 1 is 1.04 bits per heavy atom. The summed E-state index contributed by atoms with van der Waals surface area (Å²) in [5.41, 5.74) is 3.08. The molecule has 0 spiro atoms. The molecule has 4 heteroatoms. The number of halogens is 1. The highest BCUT2D eigenvalue weighted by Gasteiger charge is 2.09. The fourth-order valence-corrected chi connectivity index (χ4v) is 3.07. The minimum absolute atomic E-state index is 0.157. The maximum absolute atomic E-state index is 14.0. The molecular weight excluding hydrogens is 315 g/mol. The summed E-state index contributed by atoms with van der Waals surface area (Å²) in [5.74, 6) is -0.157. The van der Waals surface area contributed by atoms with Gasteiger partial charge in [0.2, 0.25) is 0 Å². The first kappa shape index (κ1) is 17.6. The second kappa shape index (κ2) is 8.79. The predicted molar refractivity (Wildman–Crippen MR) is 100 cm³/mol. The highest BCUT2D eigenvalue weighted by molar-refractivity contribution is 5.84. The molecule has 0 bridgehead atoms. The number of rotatable bonds is 9. The molecule has 0 aliphatic rings. The number of para-hydroxylation sites is 1. The molecule has 0 aliphatic heterocycles. The number of hydrogen-bond acceptors (Lipinski definition) is 2. The third kappa shape index (κ3) is 4.47. The van der Waals surface area contributed by atoms with Crippen molar-refractivity contribution >= 4 is 10.9 Å². The topological polar surface area (TPSA) is 26.2 Å². The molecule has 0 aliphatic carbocycles. The summed E-state index contributed by atoms with van der Waals surface area (Å²) in [6.07, 6.45) is 3.13. The molecule has 3 nitrogen and oxygen atoms in total. The fourth-order valence-electron chi connectivity index (χ4n) is 3.07. The van der Waals surface area contributed by atoms with Crippen molar-refractivity contribution < 1.29 is 9.13 Å². The van der Waals surface area contributed by atoms with E-state index in [-0.39, 0.29) is 5.82 Å². The zero-order valence-electron chi connectivity index (χ0n) is 14.7. The summed E-state index contributed by atoms with van der Waals surface area (Å²) in [7, 11) is 0. The zero-order chi connectivity index (χ0) is 17.5. The second-order valence-corrected chi connectivity index (χ2v) is 6.12. The van der Waals surface area contributed by atoms with Crippen LogP contribution >= 0.6 is 0 Å². The SMILES string of the molecule is CCOCCCNCc1cn(Cc2ccccc2F)c2ccccc12. The number of benzene rings is 2. The molecule has 25 heavy (non-hydrogen) atoms. The molecule has 0 unspecified atom stereocenters. The van der Waals surface area contributed by atoms with E-state index in [1.807, 2.05) is 31.2 Å². The Hall–Kier alpha value is -2.17. The van der Waals surface area contributed by atoms with Crippen molar-refractivity contribution in [3.05, 3.63) is 71.7 Å². The maximum Gasteiger partial charge on any atom is 0.128 e. The van der Waals surface area contributed by atoms with E-state index in [9.17, 15) is 4.39 Å². The number of nitrogens with one attached hydrogen (secondary N) is 1. The largest absolute Gasteiger partial charge is 0.382 e. The lowest BCUT2D eigenvalue weighted by Gasteiger charge is -2.06. The van der Waals surface area contributed by atoms with Gasteiger partial charge in [-0.2, -0.15) is 0 Å². The van der Waals surface area contributed by atoms with E-state index >= 15 is 0 Å². The van der Waals surface area contributed by atoms with Crippen molar-refractivity contribution in [3.8, 4) is 0 Å². The van der Waals surface area contributed by atoms with Crippen molar-refractivity contribution in [3.63, 3.8) is 0 Å². The van der Waals surface area contributed by atoms with Crippen molar-refractivity contribution in [1.29, 1.82) is 0 Å². The van der Waals surface area contributed by atoms with E-state index in [0.717, 1.165) is 38.2 Å². The number of nitrogens with zero attached hydrogens (tertiary/aromatic N) is 1. The first-order valence-electron chi connectivity index (χ1n) is 8.88. The third-order valence-corrected chi connectivity index (χ3v) is 4.33. The van der Waals surface area contributed by atoms with Gasteiger partial charge < -0.3 is 14.6 Å². The average molecular weight is 340 g/mol. The molecule has 3 rings (SSSR count). The monoisotopic (exact) mass is 340 g/mol. The molecule has 1 aromatic heterocycles. The van der Waals surface area contributed by atoms with Crippen molar-refractivity contribution in [2.45, 2.75) is 26.4 Å². The summed E-state index contributed by atoms with van der Waals surface area (Å²) in [5, 5.41) is 4.69. The Balaban J connectivity index is 1.73. The maximum atomic E-state index is 14.0. The Labute approximate surface area is 148 Å². The van der Waals surface area contributed by atoms with Crippen molar-refractivity contribution in [2.75, 3.05) is 19.8 Å². The van der Waals surface area contributed by atoms with Crippen LogP contribution in [0.4, 0.5) is 4.39 Å². The molecule has 1 N–H and O–H groups in total. The van der Waals surface area contributed by atoms with Crippen LogP contribution in [0.25, 0.3) is 10.9 Å². The smallest absolute Gasteiger partial charge is 0.128 e. The highest BCUT2D eigenvalue weighted by atomic mass is 19.1. The number of hydrogen-bond donors (Lipinski definition) is 1. The van der Waals surface area contributed by atoms with Gasteiger partial charge in [-0.3, -0.25) is 0 Å². The van der Waals surface area contributed by atoms with E-state index in [0.29, 0.717) is 12.1 Å². The first-order chi connectivity index (χ1) is 12.3. The minimum atomic E-state index is -0.157. The molecule has 0 saturated carbocycles. The first-order valence-corrected chi connectivity index (χ1v) is 8.88. The van der Waals surface area contributed by atoms with Gasteiger partial charge in [0.15, 0.2) is 0 Å². The van der Waals surface area contributed by atoms with Crippen molar-refractivity contribution in [1.82, 2.24) is 9.88 Å². The summed E-state index contributed by atoms with van der Waals surface area (Å²) in [6.45, 7) is 5.83. The molecule has 132 valence electrons. The van der Waals surface area contributed by atoms with Gasteiger partial charge in [-0.05, 0) is 37.6 Å². The standard InChI is InChI=1S/C21H25FN2O/c1-2-25-13-7-12-23-14-18-16-24(21-11-6-4-9-19(18)21)15-17-8-3-5-10-20(17)22/h3-6,8-11,16,23H,2,7,12-15H2,1H3. The van der Waals surface area contributed by atoms with Crippen molar-refractivity contribution in [2.24, 2.45) is 0 Å². The van der Waals surface area contributed by atoms with Crippen LogP contribution in [0.1, 0.15) is 24.5 Å². The quantitative estimate of drug-likeness (QED) is 0.586. The molecule has 0 fully saturated rings. The summed E-state index contributed by atoms with van der Waals surface area (Å²) in [4.78, 5) is 0. The van der Waals surface area contributed by atoms with Crippen LogP contribution in [0.3, 0.4) is 0 Å². The fraction of sp³-hybridized carbons (Fsp3) is 0.333. The van der Waals surface area contributed by atoms with Gasteiger partial charge in [-0.1, -0.05) is 36.4 Å². The van der Waals surface area contributed by atoms with Crippen LogP contribution in [0, 0.1) is 5.82 Å². The van der Waals surface area contributed by atoms with Gasteiger partial charge in [0.1, 0.15) is 5.82 Å². The predicted octanol–water partition coefficient (Wildman–Crippen LogP) is 4.34. The number of aromatic nitrogens is 1. The molecule has 3 aromatic rings. The van der Waals surface area contributed by atoms with E-state index in [4.69, 9.17) is 4.74 Å². The Kier molecular flexibility index (Phi) is 6.20. The van der Waals surface area contributed by atoms with Gasteiger partial charge in [-0.15, -0.1) is 0 Å². The summed E-state index contributed by atoms with van der Waals surface area (Å²) >= 11 is 0. The van der Waals surface area contributed by atoms with Crippen LogP contribution in [0.15, 0.2) is 54.7 Å². The van der Waals surface area contributed by atoms with Crippen LogP contribution < -0.4 is 5.32 Å². The molecular formula is C21H25FN2O. The van der Waals surface area contributed by atoms with Gasteiger partial charge in [-0.25, -0.2) is 4.39 Å². The van der Waals surface area contributed by atoms with Gasteiger partial charge in [0.25, 0.3) is 0 Å². The van der Waals surface area contributed by atoms with E-state index in [1.54, 1.807) is 6.07 Å². The van der Waals surface area contributed by atoms with Crippen LogP contribution in [-0.4, -0.2) is 24.3 Å². The van der Waals surface area contributed by atoms with E-state index in [1.165, 1.54) is 17.0 Å². The highest BCUT2D eigenvalue weighted by Crippen LogP contribution is 2.23. The van der Waals surface area contributed by atoms with Crippen LogP contribution in [0.2, 0.25) is 0 Å². The normalized spacial score (nSPS) is 11.3. The number of fused-ring (bicyclic) bond motifs is 1. The minimum Gasteiger partial charge on any atom is -0.382 e. The number of ether oxygens (including phenoxy) is 1. The summed E-state index contributed by atoms with van der Waals surface area (Å²) < 4.78 is 21.5. The Bertz CT molecular complexity index is 813. The van der Waals surface area contributed by atoms with E-state index < -0.39 is 0 Å². The lowest BCUT2D eigenvalue weighted by Crippen LogP contribution is -2.16. The van der Waals surface area contributed by atoms with Gasteiger partial charge >= 0.3 is 0 Å². The molecule has 2 aromatic carbocycles. The average Bonchev–Trinajstić information content (AvgIpc) is 2.98. The molecule has 0 radical (unpaired) electrons. The molecule has 0 atom stereocenters. The van der Waals surface area contributed by atoms with Crippen LogP contribution in [0.5, 0.6) is 0 Å².